The summed E-state index contributed by atoms with van der Waals surface area (Å²) in [6.07, 6.45) is 0.0642. The highest BCUT2D eigenvalue weighted by atomic mass is 16.5. The lowest BCUT2D eigenvalue weighted by atomic mass is 9.88. The van der Waals surface area contributed by atoms with Crippen molar-refractivity contribution in [1.82, 2.24) is 0 Å². The Morgan fingerprint density at radius 1 is 0.852 bits per heavy atom. The summed E-state index contributed by atoms with van der Waals surface area (Å²) in [5.74, 6) is 0.969. The van der Waals surface area contributed by atoms with Crippen molar-refractivity contribution >= 4 is 0 Å². The maximum atomic E-state index is 10.6. The molecule has 3 heteroatoms. The predicted molar refractivity (Wildman–Crippen MR) is 109 cm³/mol. The molecule has 0 aliphatic rings. The van der Waals surface area contributed by atoms with Gasteiger partial charge in [-0.3, -0.25) is 0 Å². The van der Waals surface area contributed by atoms with E-state index in [9.17, 15) is 5.11 Å². The highest BCUT2D eigenvalue weighted by Crippen LogP contribution is 2.27. The third kappa shape index (κ3) is 5.19. The molecule has 0 aromatic heterocycles. The lowest BCUT2D eigenvalue weighted by Gasteiger charge is -2.26. The van der Waals surface area contributed by atoms with Crippen molar-refractivity contribution in [3.63, 3.8) is 0 Å². The minimum Gasteiger partial charge on any atom is -0.489 e. The number of benzene rings is 3. The van der Waals surface area contributed by atoms with Gasteiger partial charge in [0.15, 0.2) is 0 Å². The van der Waals surface area contributed by atoms with Crippen molar-refractivity contribution in [1.29, 1.82) is 0 Å². The molecule has 0 saturated carbocycles. The van der Waals surface area contributed by atoms with E-state index in [1.54, 1.807) is 0 Å². The molecular formula is C24H27NO2. The van der Waals surface area contributed by atoms with Crippen LogP contribution in [0.15, 0.2) is 84.9 Å². The predicted octanol–water partition coefficient (Wildman–Crippen LogP) is 4.51. The average Bonchev–Trinajstić information content (AvgIpc) is 2.73. The van der Waals surface area contributed by atoms with Crippen molar-refractivity contribution < 1.29 is 9.84 Å². The topological polar surface area (TPSA) is 55.5 Å². The smallest absolute Gasteiger partial charge is 0.123 e. The van der Waals surface area contributed by atoms with E-state index in [0.717, 1.165) is 28.9 Å². The summed E-state index contributed by atoms with van der Waals surface area (Å²) in [7, 11) is 0. The fourth-order valence-corrected chi connectivity index (χ4v) is 3.22. The second-order valence-corrected chi connectivity index (χ2v) is 7.00. The van der Waals surface area contributed by atoms with Crippen LogP contribution in [0.25, 0.3) is 0 Å². The van der Waals surface area contributed by atoms with Gasteiger partial charge in [0.25, 0.3) is 0 Å². The summed E-state index contributed by atoms with van der Waals surface area (Å²) < 4.78 is 6.05. The number of ether oxygens (including phenoxy) is 1. The van der Waals surface area contributed by atoms with Crippen LogP contribution in [0.5, 0.6) is 5.75 Å². The molecular weight excluding hydrogens is 334 g/mol. The van der Waals surface area contributed by atoms with Gasteiger partial charge in [-0.15, -0.1) is 0 Å². The molecule has 0 spiro atoms. The van der Waals surface area contributed by atoms with Gasteiger partial charge in [0.2, 0.25) is 0 Å². The molecule has 3 nitrogen and oxygen atoms in total. The molecule has 27 heavy (non-hydrogen) atoms. The highest BCUT2D eigenvalue weighted by Gasteiger charge is 2.23. The zero-order valence-electron chi connectivity index (χ0n) is 15.7. The highest BCUT2D eigenvalue weighted by molar-refractivity contribution is 5.34. The molecule has 3 atom stereocenters. The molecule has 3 aromatic carbocycles. The van der Waals surface area contributed by atoms with Crippen LogP contribution in [0, 0.1) is 5.92 Å². The molecule has 3 rings (SSSR count). The number of para-hydroxylation sites is 1. The number of hydrogen-bond acceptors (Lipinski definition) is 3. The monoisotopic (exact) mass is 361 g/mol. The Morgan fingerprint density at radius 2 is 1.44 bits per heavy atom. The van der Waals surface area contributed by atoms with Gasteiger partial charge in [0.1, 0.15) is 12.4 Å². The van der Waals surface area contributed by atoms with Crippen LogP contribution in [-0.4, -0.2) is 11.1 Å². The number of rotatable bonds is 8. The molecule has 0 bridgehead atoms. The van der Waals surface area contributed by atoms with E-state index in [2.05, 4.69) is 25.1 Å². The summed E-state index contributed by atoms with van der Waals surface area (Å²) in [4.78, 5) is 0. The molecule has 0 heterocycles. The van der Waals surface area contributed by atoms with Crippen LogP contribution in [0.4, 0.5) is 0 Å². The van der Waals surface area contributed by atoms with Gasteiger partial charge in [0, 0.05) is 6.04 Å². The van der Waals surface area contributed by atoms with E-state index in [1.165, 1.54) is 0 Å². The number of aliphatic hydroxyl groups is 1. The molecule has 0 fully saturated rings. The van der Waals surface area contributed by atoms with Gasteiger partial charge in [-0.05, 0) is 35.1 Å². The summed E-state index contributed by atoms with van der Waals surface area (Å²) in [5, 5.41) is 10.6. The maximum Gasteiger partial charge on any atom is 0.123 e. The van der Waals surface area contributed by atoms with Crippen LogP contribution in [0.1, 0.15) is 29.7 Å². The van der Waals surface area contributed by atoms with E-state index in [-0.39, 0.29) is 12.0 Å². The lowest BCUT2D eigenvalue weighted by Crippen LogP contribution is -2.36. The van der Waals surface area contributed by atoms with E-state index >= 15 is 0 Å². The first-order valence-corrected chi connectivity index (χ1v) is 9.38. The van der Waals surface area contributed by atoms with E-state index in [4.69, 9.17) is 10.5 Å². The van der Waals surface area contributed by atoms with Crippen molar-refractivity contribution in [2.45, 2.75) is 32.1 Å². The summed E-state index contributed by atoms with van der Waals surface area (Å²) in [5.41, 5.74) is 9.46. The van der Waals surface area contributed by atoms with Gasteiger partial charge in [-0.1, -0.05) is 85.8 Å². The lowest BCUT2D eigenvalue weighted by molar-refractivity contribution is 0.121. The zero-order chi connectivity index (χ0) is 19.1. The molecule has 0 radical (unpaired) electrons. The standard InChI is InChI=1S/C24H27NO2/c1-18(23(25)24(26)20-12-6-3-7-13-20)16-21-14-8-9-15-22(21)27-17-19-10-4-2-5-11-19/h2-15,18,23-24,26H,16-17,25H2,1H3. The third-order valence-electron chi connectivity index (χ3n) is 4.91. The average molecular weight is 361 g/mol. The van der Waals surface area contributed by atoms with Crippen molar-refractivity contribution in [3.8, 4) is 5.75 Å². The first kappa shape index (κ1) is 19.2. The van der Waals surface area contributed by atoms with Crippen LogP contribution in [0.2, 0.25) is 0 Å². The van der Waals surface area contributed by atoms with Gasteiger partial charge in [-0.2, -0.15) is 0 Å². The fourth-order valence-electron chi connectivity index (χ4n) is 3.22. The van der Waals surface area contributed by atoms with Gasteiger partial charge < -0.3 is 15.6 Å². The largest absolute Gasteiger partial charge is 0.489 e. The second kappa shape index (κ2) is 9.36. The SMILES string of the molecule is CC(Cc1ccccc1OCc1ccccc1)C(N)C(O)c1ccccc1. The quantitative estimate of drug-likeness (QED) is 0.621. The first-order valence-electron chi connectivity index (χ1n) is 9.38. The van der Waals surface area contributed by atoms with E-state index in [1.807, 2.05) is 66.7 Å². The summed E-state index contributed by atoms with van der Waals surface area (Å²) >= 11 is 0. The van der Waals surface area contributed by atoms with Crippen LogP contribution in [-0.2, 0) is 13.0 Å². The molecule has 140 valence electrons. The van der Waals surface area contributed by atoms with Crippen molar-refractivity contribution in [2.24, 2.45) is 11.7 Å². The Morgan fingerprint density at radius 3 is 2.15 bits per heavy atom. The summed E-state index contributed by atoms with van der Waals surface area (Å²) in [6.45, 7) is 2.61. The number of aliphatic hydroxyl groups excluding tert-OH is 1. The Hall–Kier alpha value is -2.62. The molecule has 0 aliphatic heterocycles. The minimum absolute atomic E-state index is 0.0988. The third-order valence-corrected chi connectivity index (χ3v) is 4.91. The van der Waals surface area contributed by atoms with E-state index < -0.39 is 6.10 Å². The molecule has 0 aliphatic carbocycles. The van der Waals surface area contributed by atoms with E-state index in [0.29, 0.717) is 6.61 Å². The fraction of sp³-hybridized carbons (Fsp3) is 0.250. The normalized spacial score (nSPS) is 14.3. The molecule has 3 unspecified atom stereocenters. The first-order chi connectivity index (χ1) is 13.1. The molecule has 3 N–H and O–H groups in total. The van der Waals surface area contributed by atoms with Gasteiger partial charge in [-0.25, -0.2) is 0 Å². The van der Waals surface area contributed by atoms with Gasteiger partial charge >= 0.3 is 0 Å². The van der Waals surface area contributed by atoms with Crippen LogP contribution in [0.3, 0.4) is 0 Å². The molecule has 0 saturated heterocycles. The van der Waals surface area contributed by atoms with Crippen molar-refractivity contribution in [3.05, 3.63) is 102 Å². The number of nitrogens with two attached hydrogens (primary N) is 1. The molecule has 3 aromatic rings. The maximum absolute atomic E-state index is 10.6. The Balaban J connectivity index is 1.66. The Bertz CT molecular complexity index is 820. The zero-order valence-corrected chi connectivity index (χ0v) is 15.7. The Labute approximate surface area is 161 Å². The van der Waals surface area contributed by atoms with Gasteiger partial charge in [0.05, 0.1) is 6.10 Å². The Kier molecular flexibility index (Phi) is 6.64. The van der Waals surface area contributed by atoms with Crippen molar-refractivity contribution in [2.75, 3.05) is 0 Å². The second-order valence-electron chi connectivity index (χ2n) is 7.00. The number of hydrogen-bond donors (Lipinski definition) is 2. The van der Waals surface area contributed by atoms with Crippen LogP contribution >= 0.6 is 0 Å². The minimum atomic E-state index is -0.682. The van der Waals surface area contributed by atoms with Crippen LogP contribution < -0.4 is 10.5 Å². The summed E-state index contributed by atoms with van der Waals surface area (Å²) in [6, 6.07) is 27.4. The molecule has 0 amide bonds.